The van der Waals surface area contributed by atoms with Crippen molar-refractivity contribution in [3.63, 3.8) is 0 Å². The number of hydrogen-bond acceptors (Lipinski definition) is 3. The van der Waals surface area contributed by atoms with Crippen LogP contribution in [0.15, 0.2) is 48.5 Å². The van der Waals surface area contributed by atoms with Gasteiger partial charge in [-0.15, -0.1) is 0 Å². The van der Waals surface area contributed by atoms with Crippen molar-refractivity contribution in [2.45, 2.75) is 25.8 Å². The molecular weight excluding hydrogens is 360 g/mol. The molecule has 1 heterocycles. The molecular formula is C22H27ClN2O2. The van der Waals surface area contributed by atoms with Gasteiger partial charge in [-0.05, 0) is 35.2 Å². The Morgan fingerprint density at radius 3 is 2.41 bits per heavy atom. The molecule has 1 saturated heterocycles. The van der Waals surface area contributed by atoms with Crippen LogP contribution in [0.4, 0.5) is 0 Å². The van der Waals surface area contributed by atoms with E-state index in [0.29, 0.717) is 31.2 Å². The SMILES string of the molecule is CC(C)c1ccc(C(=O)NCC(c2ccccc2Cl)N2CCOCC2)cc1. The van der Waals surface area contributed by atoms with Gasteiger partial charge in [-0.1, -0.05) is 55.8 Å². The average Bonchev–Trinajstić information content (AvgIpc) is 2.70. The van der Waals surface area contributed by atoms with E-state index in [1.807, 2.05) is 48.5 Å². The smallest absolute Gasteiger partial charge is 0.251 e. The standard InChI is InChI=1S/C22H27ClN2O2/c1-16(2)17-7-9-18(10-8-17)22(26)24-15-21(25-11-13-27-14-12-25)19-5-3-4-6-20(19)23/h3-10,16,21H,11-15H2,1-2H3,(H,24,26). The zero-order valence-corrected chi connectivity index (χ0v) is 16.7. The fraction of sp³-hybridized carbons (Fsp3) is 0.409. The van der Waals surface area contributed by atoms with E-state index in [1.54, 1.807) is 0 Å². The molecule has 4 nitrogen and oxygen atoms in total. The first-order chi connectivity index (χ1) is 13.1. The molecule has 1 fully saturated rings. The number of morpholine rings is 1. The molecule has 0 saturated carbocycles. The number of carbonyl (C=O) groups excluding carboxylic acids is 1. The Morgan fingerprint density at radius 1 is 1.11 bits per heavy atom. The normalized spacial score (nSPS) is 16.3. The van der Waals surface area contributed by atoms with Gasteiger partial charge in [0.15, 0.2) is 0 Å². The van der Waals surface area contributed by atoms with Crippen molar-refractivity contribution in [1.29, 1.82) is 0 Å². The second-order valence-corrected chi connectivity index (χ2v) is 7.58. The highest BCUT2D eigenvalue weighted by Crippen LogP contribution is 2.28. The number of carbonyl (C=O) groups is 1. The van der Waals surface area contributed by atoms with E-state index in [4.69, 9.17) is 16.3 Å². The van der Waals surface area contributed by atoms with Crippen LogP contribution in [0, 0.1) is 0 Å². The Hall–Kier alpha value is -1.88. The van der Waals surface area contributed by atoms with E-state index in [0.717, 1.165) is 23.7 Å². The van der Waals surface area contributed by atoms with Crippen LogP contribution < -0.4 is 5.32 Å². The first-order valence-electron chi connectivity index (χ1n) is 9.50. The second-order valence-electron chi connectivity index (χ2n) is 7.17. The van der Waals surface area contributed by atoms with Gasteiger partial charge in [-0.3, -0.25) is 9.69 Å². The van der Waals surface area contributed by atoms with E-state index in [-0.39, 0.29) is 11.9 Å². The maximum absolute atomic E-state index is 12.6. The molecule has 144 valence electrons. The van der Waals surface area contributed by atoms with Gasteiger partial charge in [0, 0.05) is 30.2 Å². The number of hydrogen-bond donors (Lipinski definition) is 1. The highest BCUT2D eigenvalue weighted by Gasteiger charge is 2.25. The van der Waals surface area contributed by atoms with E-state index >= 15 is 0 Å². The Labute approximate surface area is 166 Å². The molecule has 0 aromatic heterocycles. The van der Waals surface area contributed by atoms with Crippen molar-refractivity contribution in [2.75, 3.05) is 32.8 Å². The fourth-order valence-corrected chi connectivity index (χ4v) is 3.64. The third kappa shape index (κ3) is 5.10. The Balaban J connectivity index is 1.72. The van der Waals surface area contributed by atoms with Gasteiger partial charge in [0.25, 0.3) is 5.91 Å². The fourth-order valence-electron chi connectivity index (χ4n) is 3.38. The molecule has 3 rings (SSSR count). The number of amides is 1. The largest absolute Gasteiger partial charge is 0.379 e. The summed E-state index contributed by atoms with van der Waals surface area (Å²) in [5.41, 5.74) is 2.95. The molecule has 2 aromatic rings. The Morgan fingerprint density at radius 2 is 1.78 bits per heavy atom. The molecule has 1 unspecified atom stereocenters. The lowest BCUT2D eigenvalue weighted by Gasteiger charge is -2.35. The van der Waals surface area contributed by atoms with Crippen LogP contribution in [0.5, 0.6) is 0 Å². The molecule has 0 spiro atoms. The average molecular weight is 387 g/mol. The lowest BCUT2D eigenvalue weighted by atomic mass is 10.0. The summed E-state index contributed by atoms with van der Waals surface area (Å²) in [5.74, 6) is 0.392. The number of nitrogens with one attached hydrogen (secondary N) is 1. The van der Waals surface area contributed by atoms with Crippen LogP contribution in [0.3, 0.4) is 0 Å². The first-order valence-corrected chi connectivity index (χ1v) is 9.88. The zero-order chi connectivity index (χ0) is 19.2. The Bertz CT molecular complexity index is 755. The van der Waals surface area contributed by atoms with Crippen LogP contribution >= 0.6 is 11.6 Å². The van der Waals surface area contributed by atoms with Gasteiger partial charge in [0.05, 0.1) is 19.3 Å². The molecule has 0 radical (unpaired) electrons. The van der Waals surface area contributed by atoms with Gasteiger partial charge in [-0.25, -0.2) is 0 Å². The molecule has 1 aliphatic rings. The first kappa shape index (κ1) is 19.9. The minimum absolute atomic E-state index is 0.0292. The third-order valence-electron chi connectivity index (χ3n) is 5.05. The summed E-state index contributed by atoms with van der Waals surface area (Å²) < 4.78 is 5.48. The summed E-state index contributed by atoms with van der Waals surface area (Å²) in [7, 11) is 0. The van der Waals surface area contributed by atoms with Crippen molar-refractivity contribution in [2.24, 2.45) is 0 Å². The number of rotatable bonds is 6. The van der Waals surface area contributed by atoms with Gasteiger partial charge >= 0.3 is 0 Å². The summed E-state index contributed by atoms with van der Waals surface area (Å²) >= 11 is 6.45. The van der Waals surface area contributed by atoms with Crippen molar-refractivity contribution < 1.29 is 9.53 Å². The summed E-state index contributed by atoms with van der Waals surface area (Å²) in [5, 5.41) is 3.82. The molecule has 27 heavy (non-hydrogen) atoms. The maximum atomic E-state index is 12.6. The van der Waals surface area contributed by atoms with Gasteiger partial charge in [0.1, 0.15) is 0 Å². The lowest BCUT2D eigenvalue weighted by molar-refractivity contribution is 0.0162. The van der Waals surface area contributed by atoms with Crippen LogP contribution in [-0.2, 0) is 4.74 Å². The van der Waals surface area contributed by atoms with Crippen LogP contribution in [-0.4, -0.2) is 43.7 Å². The monoisotopic (exact) mass is 386 g/mol. The van der Waals surface area contributed by atoms with Crippen LogP contribution in [0.1, 0.15) is 47.3 Å². The van der Waals surface area contributed by atoms with Crippen molar-refractivity contribution >= 4 is 17.5 Å². The van der Waals surface area contributed by atoms with Crippen molar-refractivity contribution in [3.05, 3.63) is 70.2 Å². The molecule has 1 amide bonds. The predicted octanol–water partition coefficient (Wildman–Crippen LogP) is 4.27. The summed E-state index contributed by atoms with van der Waals surface area (Å²) in [4.78, 5) is 15.0. The van der Waals surface area contributed by atoms with E-state index in [9.17, 15) is 4.79 Å². The molecule has 1 atom stereocenters. The number of benzene rings is 2. The Kier molecular flexibility index (Phi) is 6.89. The maximum Gasteiger partial charge on any atom is 0.251 e. The molecule has 0 bridgehead atoms. The van der Waals surface area contributed by atoms with Gasteiger partial charge in [-0.2, -0.15) is 0 Å². The summed E-state index contributed by atoms with van der Waals surface area (Å²) in [6, 6.07) is 15.7. The molecule has 0 aliphatic carbocycles. The highest BCUT2D eigenvalue weighted by molar-refractivity contribution is 6.31. The number of nitrogens with zero attached hydrogens (tertiary/aromatic N) is 1. The predicted molar refractivity (Wildman–Crippen MR) is 109 cm³/mol. The quantitative estimate of drug-likeness (QED) is 0.806. The molecule has 2 aromatic carbocycles. The topological polar surface area (TPSA) is 41.6 Å². The molecule has 5 heteroatoms. The number of ether oxygens (including phenoxy) is 1. The van der Waals surface area contributed by atoms with Gasteiger partial charge in [0.2, 0.25) is 0 Å². The summed E-state index contributed by atoms with van der Waals surface area (Å²) in [6.07, 6.45) is 0. The number of halogens is 1. The summed E-state index contributed by atoms with van der Waals surface area (Å²) in [6.45, 7) is 7.85. The molecule has 1 aliphatic heterocycles. The van der Waals surface area contributed by atoms with E-state index in [2.05, 4.69) is 24.1 Å². The minimum Gasteiger partial charge on any atom is -0.379 e. The minimum atomic E-state index is -0.0596. The third-order valence-corrected chi connectivity index (χ3v) is 5.39. The van der Waals surface area contributed by atoms with Crippen molar-refractivity contribution in [1.82, 2.24) is 10.2 Å². The lowest BCUT2D eigenvalue weighted by Crippen LogP contribution is -2.44. The second kappa shape index (κ2) is 9.36. The van der Waals surface area contributed by atoms with Crippen LogP contribution in [0.2, 0.25) is 5.02 Å². The van der Waals surface area contributed by atoms with E-state index in [1.165, 1.54) is 5.56 Å². The van der Waals surface area contributed by atoms with Crippen molar-refractivity contribution in [3.8, 4) is 0 Å². The molecule has 1 N–H and O–H groups in total. The van der Waals surface area contributed by atoms with E-state index < -0.39 is 0 Å². The van der Waals surface area contributed by atoms with Crippen LogP contribution in [0.25, 0.3) is 0 Å². The van der Waals surface area contributed by atoms with Gasteiger partial charge < -0.3 is 10.1 Å². The highest BCUT2D eigenvalue weighted by atomic mass is 35.5. The zero-order valence-electron chi connectivity index (χ0n) is 16.0.